The second-order valence-electron chi connectivity index (χ2n) is 3.82. The van der Waals surface area contributed by atoms with Crippen molar-refractivity contribution in [1.29, 1.82) is 0 Å². The molecular weight excluding hydrogens is 224 g/mol. The summed E-state index contributed by atoms with van der Waals surface area (Å²) in [6.45, 7) is 5.95. The molecule has 0 saturated heterocycles. The molecule has 0 spiro atoms. The maximum atomic E-state index is 9.47. The van der Waals surface area contributed by atoms with Gasteiger partial charge in [-0.3, -0.25) is 0 Å². The van der Waals surface area contributed by atoms with E-state index in [9.17, 15) is 13.7 Å². The van der Waals surface area contributed by atoms with E-state index in [0.717, 1.165) is 17.5 Å². The third-order valence-electron chi connectivity index (χ3n) is 2.75. The highest BCUT2D eigenvalue weighted by Crippen LogP contribution is 2.48. The van der Waals surface area contributed by atoms with Crippen LogP contribution >= 0.6 is 10.9 Å². The third kappa shape index (κ3) is 2.77. The van der Waals surface area contributed by atoms with E-state index in [0.29, 0.717) is 17.7 Å². The summed E-state index contributed by atoms with van der Waals surface area (Å²) in [4.78, 5) is 0.328. The molecule has 0 aliphatic heterocycles. The Labute approximate surface area is 98.7 Å². The first-order valence-corrected chi connectivity index (χ1v) is 7.09. The van der Waals surface area contributed by atoms with Crippen molar-refractivity contribution >= 4 is 10.9 Å². The molecule has 16 heavy (non-hydrogen) atoms. The van der Waals surface area contributed by atoms with Gasteiger partial charge >= 0.3 is 0 Å². The van der Waals surface area contributed by atoms with Crippen LogP contribution in [-0.4, -0.2) is 13.7 Å². The number of benzene rings is 1. The lowest BCUT2D eigenvalue weighted by Gasteiger charge is -2.26. The van der Waals surface area contributed by atoms with E-state index in [1.54, 1.807) is 0 Å². The minimum atomic E-state index is -3.61. The lowest BCUT2D eigenvalue weighted by molar-refractivity contribution is 0.374. The van der Waals surface area contributed by atoms with Crippen molar-refractivity contribution in [2.45, 2.75) is 44.9 Å². The van der Waals surface area contributed by atoms with E-state index >= 15 is 0 Å². The van der Waals surface area contributed by atoms with Gasteiger partial charge in [0.2, 0.25) is 0 Å². The summed E-state index contributed by atoms with van der Waals surface area (Å²) < 4.78 is 28.4. The smallest absolute Gasteiger partial charge is 0.113 e. The molecule has 1 aromatic carbocycles. The molecular formula is C12H20O3S. The van der Waals surface area contributed by atoms with Crippen molar-refractivity contribution in [3.05, 3.63) is 28.8 Å². The Bertz CT molecular complexity index is 344. The van der Waals surface area contributed by atoms with Gasteiger partial charge in [0.1, 0.15) is 10.9 Å². The van der Waals surface area contributed by atoms with Crippen LogP contribution in [0.3, 0.4) is 0 Å². The molecule has 1 aromatic rings. The van der Waals surface area contributed by atoms with Crippen LogP contribution in [0, 0.1) is 0 Å². The van der Waals surface area contributed by atoms with Crippen LogP contribution in [0.25, 0.3) is 0 Å². The van der Waals surface area contributed by atoms with Gasteiger partial charge in [0.25, 0.3) is 0 Å². The van der Waals surface area contributed by atoms with E-state index < -0.39 is 10.9 Å². The third-order valence-corrected chi connectivity index (χ3v) is 3.82. The normalized spacial score (nSPS) is 12.9. The van der Waals surface area contributed by atoms with E-state index in [4.69, 9.17) is 0 Å². The van der Waals surface area contributed by atoms with Crippen molar-refractivity contribution < 1.29 is 13.7 Å². The summed E-state index contributed by atoms with van der Waals surface area (Å²) in [6, 6.07) is 3.89. The Morgan fingerprint density at radius 2 is 1.31 bits per heavy atom. The lowest BCUT2D eigenvalue weighted by atomic mass is 10.0. The Hall–Kier alpha value is -0.550. The standard InChI is InChI=1S/C12H20O3S/c1-4-9-7-10(5-2)12(16(13,14)15)11(6-3)8-9/h7-8,13-15H,4-6H2,1-3H3. The first kappa shape index (κ1) is 13.5. The predicted octanol–water partition coefficient (Wildman–Crippen LogP) is 3.96. The van der Waals surface area contributed by atoms with Crippen LogP contribution in [0.1, 0.15) is 37.5 Å². The zero-order valence-electron chi connectivity index (χ0n) is 10.0. The number of rotatable bonds is 4. The molecule has 1 rings (SSSR count). The van der Waals surface area contributed by atoms with Gasteiger partial charge in [-0.1, -0.05) is 32.9 Å². The zero-order chi connectivity index (χ0) is 12.3. The monoisotopic (exact) mass is 244 g/mol. The van der Waals surface area contributed by atoms with Crippen molar-refractivity contribution in [1.82, 2.24) is 0 Å². The van der Waals surface area contributed by atoms with Crippen LogP contribution < -0.4 is 0 Å². The average molecular weight is 244 g/mol. The molecule has 0 amide bonds. The van der Waals surface area contributed by atoms with Gasteiger partial charge in [-0.15, -0.1) is 0 Å². The largest absolute Gasteiger partial charge is 0.304 e. The van der Waals surface area contributed by atoms with Crippen molar-refractivity contribution in [3.63, 3.8) is 0 Å². The van der Waals surface area contributed by atoms with E-state index in [1.807, 2.05) is 26.0 Å². The average Bonchev–Trinajstić information content (AvgIpc) is 2.25. The minimum absolute atomic E-state index is 0.328. The van der Waals surface area contributed by atoms with E-state index in [1.165, 1.54) is 5.56 Å². The highest BCUT2D eigenvalue weighted by Gasteiger charge is 2.23. The number of hydrogen-bond donors (Lipinski definition) is 3. The highest BCUT2D eigenvalue weighted by atomic mass is 32.3. The minimum Gasteiger partial charge on any atom is -0.304 e. The van der Waals surface area contributed by atoms with Crippen LogP contribution in [0.4, 0.5) is 0 Å². The summed E-state index contributed by atoms with van der Waals surface area (Å²) >= 11 is 0. The van der Waals surface area contributed by atoms with Crippen LogP contribution in [0.15, 0.2) is 17.0 Å². The van der Waals surface area contributed by atoms with E-state index in [-0.39, 0.29) is 0 Å². The fourth-order valence-corrected chi connectivity index (χ4v) is 3.02. The van der Waals surface area contributed by atoms with Crippen LogP contribution in [0.2, 0.25) is 0 Å². The second kappa shape index (κ2) is 5.19. The Kier molecular flexibility index (Phi) is 4.38. The van der Waals surface area contributed by atoms with Gasteiger partial charge in [0.15, 0.2) is 0 Å². The first-order chi connectivity index (χ1) is 7.43. The predicted molar refractivity (Wildman–Crippen MR) is 68.3 cm³/mol. The summed E-state index contributed by atoms with van der Waals surface area (Å²) in [5.41, 5.74) is 2.83. The Morgan fingerprint density at radius 3 is 1.56 bits per heavy atom. The number of hydrogen-bond acceptors (Lipinski definition) is 3. The Balaban J connectivity index is 3.44. The van der Waals surface area contributed by atoms with Gasteiger partial charge in [-0.05, 0) is 36.0 Å². The molecule has 0 aliphatic rings. The van der Waals surface area contributed by atoms with Gasteiger partial charge in [-0.2, -0.15) is 0 Å². The molecule has 92 valence electrons. The summed E-state index contributed by atoms with van der Waals surface area (Å²) in [7, 11) is -3.61. The molecule has 3 N–H and O–H groups in total. The fourth-order valence-electron chi connectivity index (χ4n) is 1.91. The van der Waals surface area contributed by atoms with Crippen LogP contribution in [-0.2, 0) is 19.3 Å². The summed E-state index contributed by atoms with van der Waals surface area (Å²) in [5, 5.41) is 0. The first-order valence-electron chi connectivity index (χ1n) is 5.59. The SMILES string of the molecule is CCc1cc(CC)c(S(O)(O)O)c(CC)c1. The maximum absolute atomic E-state index is 9.47. The maximum Gasteiger partial charge on any atom is 0.113 e. The molecule has 3 nitrogen and oxygen atoms in total. The molecule has 0 atom stereocenters. The molecule has 0 saturated carbocycles. The van der Waals surface area contributed by atoms with Crippen LogP contribution in [0.5, 0.6) is 0 Å². The molecule has 0 aromatic heterocycles. The summed E-state index contributed by atoms with van der Waals surface area (Å²) in [6.07, 6.45) is 2.28. The van der Waals surface area contributed by atoms with E-state index in [2.05, 4.69) is 6.92 Å². The molecule has 0 unspecified atom stereocenters. The molecule has 0 fully saturated rings. The van der Waals surface area contributed by atoms with Gasteiger partial charge in [0.05, 0.1) is 4.90 Å². The topological polar surface area (TPSA) is 60.7 Å². The van der Waals surface area contributed by atoms with Gasteiger partial charge in [-0.25, -0.2) is 0 Å². The van der Waals surface area contributed by atoms with Gasteiger partial charge < -0.3 is 13.7 Å². The van der Waals surface area contributed by atoms with Gasteiger partial charge in [0, 0.05) is 0 Å². The highest BCUT2D eigenvalue weighted by molar-refractivity contribution is 8.19. The summed E-state index contributed by atoms with van der Waals surface area (Å²) in [5.74, 6) is 0. The molecule has 0 bridgehead atoms. The quantitative estimate of drug-likeness (QED) is 0.751. The fraction of sp³-hybridized carbons (Fsp3) is 0.500. The van der Waals surface area contributed by atoms with Crippen molar-refractivity contribution in [2.75, 3.05) is 0 Å². The Morgan fingerprint density at radius 1 is 0.875 bits per heavy atom. The molecule has 0 heterocycles. The number of aryl methyl sites for hydroxylation is 3. The second-order valence-corrected chi connectivity index (χ2v) is 5.27. The van der Waals surface area contributed by atoms with Crippen molar-refractivity contribution in [2.24, 2.45) is 0 Å². The lowest BCUT2D eigenvalue weighted by Crippen LogP contribution is -2.06. The molecule has 0 aliphatic carbocycles. The molecule has 4 heteroatoms. The van der Waals surface area contributed by atoms with Crippen molar-refractivity contribution in [3.8, 4) is 0 Å². The zero-order valence-corrected chi connectivity index (χ0v) is 10.8. The molecule has 0 radical (unpaired) electrons.